The summed E-state index contributed by atoms with van der Waals surface area (Å²) in [5.41, 5.74) is 1.42. The first kappa shape index (κ1) is 42.5. The van der Waals surface area contributed by atoms with E-state index in [-0.39, 0.29) is 43.5 Å². The van der Waals surface area contributed by atoms with Gasteiger partial charge >= 0.3 is 12.1 Å². The summed E-state index contributed by atoms with van der Waals surface area (Å²) < 4.78 is 61.2. The summed E-state index contributed by atoms with van der Waals surface area (Å²) in [5.74, 6) is 0.0423. The first-order valence-corrected chi connectivity index (χ1v) is 24.0. The average Bonchev–Trinajstić information content (AvgIpc) is 3.50. The van der Waals surface area contributed by atoms with Gasteiger partial charge in [-0.3, -0.25) is 4.72 Å². The predicted octanol–water partition coefficient (Wildman–Crippen LogP) is 8.59. The van der Waals surface area contributed by atoms with Gasteiger partial charge in [0.1, 0.15) is 18.0 Å². The minimum atomic E-state index is -3.51. The second-order valence-corrected chi connectivity index (χ2v) is 22.1. The van der Waals surface area contributed by atoms with Crippen molar-refractivity contribution in [3.63, 3.8) is 0 Å². The Morgan fingerprint density at radius 1 is 1.02 bits per heavy atom. The summed E-state index contributed by atoms with van der Waals surface area (Å²) in [6.45, 7) is 15.0. The van der Waals surface area contributed by atoms with Crippen molar-refractivity contribution < 1.29 is 41.4 Å². The Bertz CT molecular complexity index is 1860. The van der Waals surface area contributed by atoms with Gasteiger partial charge in [-0.15, -0.1) is 0 Å². The highest BCUT2D eigenvalue weighted by molar-refractivity contribution is 7.93. The Balaban J connectivity index is 1.41. The minimum absolute atomic E-state index is 0.134. The third kappa shape index (κ3) is 10.8. The van der Waals surface area contributed by atoms with Gasteiger partial charge in [-0.1, -0.05) is 39.3 Å². The van der Waals surface area contributed by atoms with Crippen molar-refractivity contribution >= 4 is 47.0 Å². The fraction of sp³-hybridized carbons (Fsp3) is 0.625. The van der Waals surface area contributed by atoms with E-state index in [1.54, 1.807) is 34.7 Å². The van der Waals surface area contributed by atoms with Crippen LogP contribution >= 0.6 is 0 Å². The van der Waals surface area contributed by atoms with Gasteiger partial charge in [-0.25, -0.2) is 22.7 Å². The molecule has 2 fully saturated rings. The molecule has 2 heterocycles. The molecule has 3 aromatic rings. The summed E-state index contributed by atoms with van der Waals surface area (Å²) in [7, 11) is -5.74. The number of hydrogen-bond donors (Lipinski definition) is 1. The van der Waals surface area contributed by atoms with E-state index < -0.39 is 42.1 Å². The number of sulfonamides is 1. The van der Waals surface area contributed by atoms with Crippen LogP contribution in [0.15, 0.2) is 42.5 Å². The van der Waals surface area contributed by atoms with Gasteiger partial charge in [0.15, 0.2) is 20.2 Å². The molecule has 1 unspecified atom stereocenters. The van der Waals surface area contributed by atoms with Crippen LogP contribution in [0, 0.1) is 0 Å². The van der Waals surface area contributed by atoms with Crippen LogP contribution in [-0.4, -0.2) is 87.2 Å². The highest BCUT2D eigenvalue weighted by atomic mass is 32.2. The van der Waals surface area contributed by atoms with Crippen molar-refractivity contribution in [2.75, 3.05) is 37.6 Å². The quantitative estimate of drug-likeness (QED) is 0.0980. The Kier molecular flexibility index (Phi) is 14.3. The van der Waals surface area contributed by atoms with Gasteiger partial charge in [0.05, 0.1) is 36.6 Å². The zero-order chi connectivity index (χ0) is 39.8. The summed E-state index contributed by atoms with van der Waals surface area (Å²) in [5, 5.41) is 4.89. The molecule has 0 bridgehead atoms. The van der Waals surface area contributed by atoms with Crippen LogP contribution in [0.25, 0.3) is 10.9 Å². The number of amides is 1. The Labute approximate surface area is 327 Å². The van der Waals surface area contributed by atoms with E-state index in [1.807, 2.05) is 45.0 Å². The van der Waals surface area contributed by atoms with E-state index >= 15 is 0 Å². The fourth-order valence-electron chi connectivity index (χ4n) is 6.99. The molecule has 13 nitrogen and oxygen atoms in total. The van der Waals surface area contributed by atoms with E-state index in [0.29, 0.717) is 41.8 Å². The van der Waals surface area contributed by atoms with Gasteiger partial charge in [-0.05, 0) is 108 Å². The first-order valence-electron chi connectivity index (χ1n) is 19.9. The third-order valence-electron chi connectivity index (χ3n) is 10.6. The molecular weight excluding hydrogens is 741 g/mol. The molecule has 304 valence electrons. The maximum absolute atomic E-state index is 13.9. The highest BCUT2D eigenvalue weighted by Crippen LogP contribution is 2.34. The molecule has 1 N–H and O–H groups in total. The summed E-state index contributed by atoms with van der Waals surface area (Å²) in [4.78, 5) is 28.3. The number of fused-ring (bicyclic) bond motifs is 1. The molecule has 2 atom stereocenters. The first-order chi connectivity index (χ1) is 26.2. The van der Waals surface area contributed by atoms with Gasteiger partial charge in [0.2, 0.25) is 10.0 Å². The van der Waals surface area contributed by atoms with Gasteiger partial charge < -0.3 is 28.3 Å². The molecule has 0 radical (unpaired) electrons. The van der Waals surface area contributed by atoms with Crippen molar-refractivity contribution in [2.24, 2.45) is 0 Å². The topological polar surface area (TPSA) is 148 Å². The largest absolute Gasteiger partial charge is 0.492 e. The maximum atomic E-state index is 13.9. The smallest absolute Gasteiger partial charge is 0.410 e. The van der Waals surface area contributed by atoms with Crippen LogP contribution in [-0.2, 0) is 28.7 Å². The number of benzene rings is 2. The second-order valence-electron chi connectivity index (χ2n) is 15.5. The van der Waals surface area contributed by atoms with E-state index in [4.69, 9.17) is 23.4 Å². The zero-order valence-corrected chi connectivity index (χ0v) is 35.4. The number of esters is 1. The SMILES string of the molecule is CCOC(=O)c1nn(C2CCCCO2)c2cc(OCCN(C[C@@H](O[Si](CC)(CC)CC)c3cccc(NS(=O)(=O)C4CCC4)c3)C(=O)OC(C)(C)C)ccc12. The number of hydrogen-bond acceptors (Lipinski definition) is 10. The molecule has 5 rings (SSSR count). The summed E-state index contributed by atoms with van der Waals surface area (Å²) in [6, 6.07) is 15.4. The molecule has 1 saturated carbocycles. The molecule has 1 aliphatic carbocycles. The zero-order valence-electron chi connectivity index (χ0n) is 33.6. The van der Waals surface area contributed by atoms with Crippen LogP contribution in [0.5, 0.6) is 5.75 Å². The number of nitrogens with zero attached hydrogens (tertiary/aromatic N) is 3. The fourth-order valence-corrected chi connectivity index (χ4v) is 11.4. The number of nitrogens with one attached hydrogen (secondary N) is 1. The number of carbonyl (C=O) groups is 2. The number of ether oxygens (including phenoxy) is 4. The monoisotopic (exact) mass is 800 g/mol. The van der Waals surface area contributed by atoms with Crippen LogP contribution in [0.4, 0.5) is 10.5 Å². The number of rotatable bonds is 18. The van der Waals surface area contributed by atoms with E-state index in [2.05, 4.69) is 30.6 Å². The third-order valence-corrected chi connectivity index (χ3v) is 17.1. The van der Waals surface area contributed by atoms with Crippen LogP contribution in [0.2, 0.25) is 18.1 Å². The van der Waals surface area contributed by atoms with Gasteiger partial charge in [0, 0.05) is 23.7 Å². The lowest BCUT2D eigenvalue weighted by molar-refractivity contribution is -0.0369. The second kappa shape index (κ2) is 18.5. The highest BCUT2D eigenvalue weighted by Gasteiger charge is 2.36. The van der Waals surface area contributed by atoms with Crippen molar-refractivity contribution in [2.45, 2.75) is 128 Å². The van der Waals surface area contributed by atoms with Gasteiger partial charge in [-0.2, -0.15) is 5.10 Å². The van der Waals surface area contributed by atoms with Gasteiger partial charge in [0.25, 0.3) is 0 Å². The lowest BCUT2D eigenvalue weighted by atomic mass is 10.0. The van der Waals surface area contributed by atoms with Crippen molar-refractivity contribution in [1.82, 2.24) is 14.7 Å². The van der Waals surface area contributed by atoms with E-state index in [0.717, 1.165) is 49.4 Å². The molecule has 15 heteroatoms. The number of anilines is 1. The lowest BCUT2D eigenvalue weighted by Gasteiger charge is -2.36. The van der Waals surface area contributed by atoms with E-state index in [1.165, 1.54) is 0 Å². The van der Waals surface area contributed by atoms with Crippen molar-refractivity contribution in [1.29, 1.82) is 0 Å². The molecule has 0 spiro atoms. The number of carbonyl (C=O) groups excluding carboxylic acids is 2. The number of aromatic nitrogens is 2. The van der Waals surface area contributed by atoms with Crippen LogP contribution in [0.1, 0.15) is 115 Å². The molecule has 1 aliphatic heterocycles. The van der Waals surface area contributed by atoms with Crippen LogP contribution in [0.3, 0.4) is 0 Å². The Morgan fingerprint density at radius 3 is 2.38 bits per heavy atom. The Morgan fingerprint density at radius 2 is 1.76 bits per heavy atom. The van der Waals surface area contributed by atoms with Crippen LogP contribution < -0.4 is 9.46 Å². The predicted molar refractivity (Wildman–Crippen MR) is 215 cm³/mol. The molecule has 1 amide bonds. The van der Waals surface area contributed by atoms with E-state index in [9.17, 15) is 18.0 Å². The normalized spacial score (nSPS) is 17.3. The lowest BCUT2D eigenvalue weighted by Crippen LogP contribution is -2.45. The average molecular weight is 801 g/mol. The maximum Gasteiger partial charge on any atom is 0.410 e. The molecule has 1 aromatic heterocycles. The summed E-state index contributed by atoms with van der Waals surface area (Å²) >= 11 is 0. The minimum Gasteiger partial charge on any atom is -0.492 e. The standard InChI is InChI=1S/C40H60N4O9SSi/c1-8-49-38(45)37-33-22-21-31(27-34(33)44(41-37)36-20-12-13-24-51-36)50-25-23-43(39(46)52-40(5,6)7)28-35(53-55(9-2,10-3)11-4)29-16-14-17-30(26-29)42-54(47,48)32-18-15-19-32/h14,16-17,21-22,26-27,32,35-36,42H,8-13,15,18-20,23-25,28H2,1-7H3/t35-,36?/m1/s1. The molecule has 55 heavy (non-hydrogen) atoms. The van der Waals surface area contributed by atoms with Crippen molar-refractivity contribution in [3.8, 4) is 5.75 Å². The molecular formula is C40H60N4O9SSi. The summed E-state index contributed by atoms with van der Waals surface area (Å²) in [6.07, 6.45) is 3.59. The Hall–Kier alpha value is -3.66. The molecule has 2 aromatic carbocycles. The molecule has 1 saturated heterocycles. The molecule has 2 aliphatic rings. The van der Waals surface area contributed by atoms with Crippen molar-refractivity contribution in [3.05, 3.63) is 53.7 Å².